The van der Waals surface area contributed by atoms with Crippen LogP contribution in [0, 0.1) is 5.92 Å². The normalized spacial score (nSPS) is 16.2. The fraction of sp³-hybridized carbons (Fsp3) is 0.529. The number of nitrogens with one attached hydrogen (secondary N) is 1. The number of aliphatic hydroxyl groups is 1. The standard InChI is InChI=1S/C17H23N3O2/c1-10(2)15(21)9-16(22)18-12-6-7-14-13(8-12)19-17(20(14)3)11-4-5-11/h6-8,10-11,15,21H,4-5,9H2,1-3H3,(H,18,22). The van der Waals surface area contributed by atoms with Crippen LogP contribution in [0.1, 0.15) is 44.9 Å². The van der Waals surface area contributed by atoms with E-state index in [0.29, 0.717) is 5.92 Å². The zero-order valence-electron chi connectivity index (χ0n) is 13.3. The van der Waals surface area contributed by atoms with Gasteiger partial charge in [0.05, 0.1) is 23.6 Å². The van der Waals surface area contributed by atoms with Crippen LogP contribution in [0.15, 0.2) is 18.2 Å². The summed E-state index contributed by atoms with van der Waals surface area (Å²) in [5, 5.41) is 12.6. The average Bonchev–Trinajstić information content (AvgIpc) is 3.24. The number of carbonyl (C=O) groups excluding carboxylic acids is 1. The predicted octanol–water partition coefficient (Wildman–Crippen LogP) is 2.80. The molecule has 1 aromatic heterocycles. The van der Waals surface area contributed by atoms with Gasteiger partial charge < -0.3 is 15.0 Å². The molecule has 5 nitrogen and oxygen atoms in total. The van der Waals surface area contributed by atoms with Gasteiger partial charge in [0.25, 0.3) is 0 Å². The van der Waals surface area contributed by atoms with Crippen LogP contribution in [0.25, 0.3) is 11.0 Å². The van der Waals surface area contributed by atoms with Gasteiger partial charge in [-0.3, -0.25) is 4.79 Å². The summed E-state index contributed by atoms with van der Waals surface area (Å²) >= 11 is 0. The number of anilines is 1. The Kier molecular flexibility index (Phi) is 3.91. The lowest BCUT2D eigenvalue weighted by molar-refractivity contribution is -0.118. The Bertz CT molecular complexity index is 701. The zero-order chi connectivity index (χ0) is 15.9. The molecule has 1 fully saturated rings. The van der Waals surface area contributed by atoms with Gasteiger partial charge in [-0.1, -0.05) is 13.8 Å². The zero-order valence-corrected chi connectivity index (χ0v) is 13.3. The van der Waals surface area contributed by atoms with Crippen LogP contribution in [0.4, 0.5) is 5.69 Å². The number of hydrogen-bond donors (Lipinski definition) is 2. The lowest BCUT2D eigenvalue weighted by atomic mass is 10.0. The molecule has 0 bridgehead atoms. The monoisotopic (exact) mass is 301 g/mol. The van der Waals surface area contributed by atoms with Gasteiger partial charge in [0.1, 0.15) is 5.82 Å². The van der Waals surface area contributed by atoms with Gasteiger partial charge in [-0.25, -0.2) is 4.98 Å². The molecule has 1 saturated carbocycles. The minimum absolute atomic E-state index is 0.0742. The van der Waals surface area contributed by atoms with E-state index in [2.05, 4.69) is 9.88 Å². The smallest absolute Gasteiger partial charge is 0.226 e. The molecular weight excluding hydrogens is 278 g/mol. The van der Waals surface area contributed by atoms with Crippen LogP contribution in [0.3, 0.4) is 0 Å². The molecule has 1 aromatic carbocycles. The van der Waals surface area contributed by atoms with Crippen molar-refractivity contribution in [3.05, 3.63) is 24.0 Å². The van der Waals surface area contributed by atoms with E-state index < -0.39 is 6.10 Å². The SMILES string of the molecule is CC(C)C(O)CC(=O)Nc1ccc2c(c1)nc(C1CC1)n2C. The number of benzene rings is 1. The Morgan fingerprint density at radius 1 is 1.45 bits per heavy atom. The summed E-state index contributed by atoms with van der Waals surface area (Å²) in [4.78, 5) is 16.7. The molecule has 2 aromatic rings. The van der Waals surface area contributed by atoms with Crippen LogP contribution in [0.5, 0.6) is 0 Å². The van der Waals surface area contributed by atoms with Gasteiger partial charge in [0.2, 0.25) is 5.91 Å². The Morgan fingerprint density at radius 3 is 2.82 bits per heavy atom. The van der Waals surface area contributed by atoms with Crippen molar-refractivity contribution in [1.82, 2.24) is 9.55 Å². The van der Waals surface area contributed by atoms with Crippen LogP contribution >= 0.6 is 0 Å². The largest absolute Gasteiger partial charge is 0.392 e. The molecule has 3 rings (SSSR count). The van der Waals surface area contributed by atoms with E-state index in [4.69, 9.17) is 4.98 Å². The second-order valence-electron chi connectivity index (χ2n) is 6.57. The highest BCUT2D eigenvalue weighted by atomic mass is 16.3. The van der Waals surface area contributed by atoms with Crippen LogP contribution in [-0.2, 0) is 11.8 Å². The van der Waals surface area contributed by atoms with E-state index in [-0.39, 0.29) is 18.2 Å². The number of hydrogen-bond acceptors (Lipinski definition) is 3. The molecule has 1 amide bonds. The minimum atomic E-state index is -0.611. The van der Waals surface area contributed by atoms with Gasteiger partial charge in [0.15, 0.2) is 0 Å². The quantitative estimate of drug-likeness (QED) is 0.892. The molecule has 0 saturated heterocycles. The first kappa shape index (κ1) is 15.0. The first-order chi connectivity index (χ1) is 10.5. The number of amides is 1. The fourth-order valence-electron chi connectivity index (χ4n) is 2.64. The van der Waals surface area contributed by atoms with Crippen molar-refractivity contribution in [2.24, 2.45) is 13.0 Å². The summed E-state index contributed by atoms with van der Waals surface area (Å²) < 4.78 is 2.14. The first-order valence-electron chi connectivity index (χ1n) is 7.90. The van der Waals surface area contributed by atoms with Gasteiger partial charge >= 0.3 is 0 Å². The van der Waals surface area contributed by atoms with E-state index in [9.17, 15) is 9.90 Å². The average molecular weight is 301 g/mol. The summed E-state index contributed by atoms with van der Waals surface area (Å²) in [5.74, 6) is 1.63. The summed E-state index contributed by atoms with van der Waals surface area (Å²) in [6.07, 6.45) is 1.94. The maximum absolute atomic E-state index is 12.0. The highest BCUT2D eigenvalue weighted by Crippen LogP contribution is 2.40. The molecule has 2 N–H and O–H groups in total. The second kappa shape index (κ2) is 5.72. The summed E-state index contributed by atoms with van der Waals surface area (Å²) in [6, 6.07) is 5.78. The topological polar surface area (TPSA) is 67.2 Å². The summed E-state index contributed by atoms with van der Waals surface area (Å²) in [5.41, 5.74) is 2.72. The summed E-state index contributed by atoms with van der Waals surface area (Å²) in [6.45, 7) is 3.80. The van der Waals surface area contributed by atoms with Gasteiger partial charge in [0, 0.05) is 18.7 Å². The Balaban J connectivity index is 1.76. The maximum atomic E-state index is 12.0. The minimum Gasteiger partial charge on any atom is -0.392 e. The molecule has 1 aliphatic rings. The van der Waals surface area contributed by atoms with Gasteiger partial charge in [-0.15, -0.1) is 0 Å². The summed E-state index contributed by atoms with van der Waals surface area (Å²) in [7, 11) is 2.04. The lowest BCUT2D eigenvalue weighted by Gasteiger charge is -2.13. The van der Waals surface area contributed by atoms with Crippen molar-refractivity contribution in [3.8, 4) is 0 Å². The molecule has 1 aliphatic carbocycles. The maximum Gasteiger partial charge on any atom is 0.226 e. The molecule has 118 valence electrons. The van der Waals surface area contributed by atoms with Gasteiger partial charge in [-0.2, -0.15) is 0 Å². The molecule has 22 heavy (non-hydrogen) atoms. The first-order valence-corrected chi connectivity index (χ1v) is 7.90. The number of fused-ring (bicyclic) bond motifs is 1. The second-order valence-corrected chi connectivity index (χ2v) is 6.57. The van der Waals surface area contributed by atoms with E-state index >= 15 is 0 Å². The fourth-order valence-corrected chi connectivity index (χ4v) is 2.64. The van der Waals surface area contributed by atoms with E-state index in [1.165, 1.54) is 12.8 Å². The molecule has 1 unspecified atom stereocenters. The number of aryl methyl sites for hydroxylation is 1. The molecule has 0 spiro atoms. The molecule has 5 heteroatoms. The van der Waals surface area contributed by atoms with Crippen molar-refractivity contribution in [1.29, 1.82) is 0 Å². The third-order valence-corrected chi connectivity index (χ3v) is 4.31. The van der Waals surface area contributed by atoms with Crippen molar-refractivity contribution in [2.45, 2.75) is 45.1 Å². The highest BCUT2D eigenvalue weighted by molar-refractivity contribution is 5.93. The lowest BCUT2D eigenvalue weighted by Crippen LogP contribution is -2.23. The van der Waals surface area contributed by atoms with Crippen molar-refractivity contribution in [2.75, 3.05) is 5.32 Å². The Morgan fingerprint density at radius 2 is 2.18 bits per heavy atom. The number of aromatic nitrogens is 2. The van der Waals surface area contributed by atoms with Crippen LogP contribution in [0.2, 0.25) is 0 Å². The van der Waals surface area contributed by atoms with Crippen LogP contribution < -0.4 is 5.32 Å². The number of nitrogens with zero attached hydrogens (tertiary/aromatic N) is 2. The molecule has 0 aliphatic heterocycles. The Hall–Kier alpha value is -1.88. The van der Waals surface area contributed by atoms with E-state index in [0.717, 1.165) is 22.5 Å². The number of aliphatic hydroxyl groups excluding tert-OH is 1. The number of imidazole rings is 1. The third-order valence-electron chi connectivity index (χ3n) is 4.31. The van der Waals surface area contributed by atoms with Crippen molar-refractivity contribution in [3.63, 3.8) is 0 Å². The van der Waals surface area contributed by atoms with Crippen LogP contribution in [-0.4, -0.2) is 26.7 Å². The van der Waals surface area contributed by atoms with E-state index in [1.54, 1.807) is 0 Å². The number of rotatable bonds is 5. The molecule has 1 heterocycles. The third kappa shape index (κ3) is 2.99. The molecule has 0 radical (unpaired) electrons. The van der Waals surface area contributed by atoms with E-state index in [1.807, 2.05) is 39.1 Å². The van der Waals surface area contributed by atoms with Crippen molar-refractivity contribution < 1.29 is 9.90 Å². The molecular formula is C17H23N3O2. The predicted molar refractivity (Wildman–Crippen MR) is 86.8 cm³/mol. The molecule has 1 atom stereocenters. The Labute approximate surface area is 130 Å². The number of carbonyl (C=O) groups is 1. The van der Waals surface area contributed by atoms with Gasteiger partial charge in [-0.05, 0) is 37.0 Å². The van der Waals surface area contributed by atoms with Crippen molar-refractivity contribution >= 4 is 22.6 Å². The highest BCUT2D eigenvalue weighted by Gasteiger charge is 2.28.